The molecule has 58 heavy (non-hydrogen) atoms. The van der Waals surface area contributed by atoms with Crippen LogP contribution in [0.1, 0.15) is 112 Å². The highest BCUT2D eigenvalue weighted by Gasteiger charge is 2.56. The number of fused-ring (bicyclic) bond motifs is 9. The second kappa shape index (κ2) is 16.6. The number of rotatable bonds is 16. The fourth-order valence-electron chi connectivity index (χ4n) is 9.68. The third-order valence-electron chi connectivity index (χ3n) is 12.5. The number of hydrogen-bond donors (Lipinski definition) is 0. The molecule has 0 unspecified atom stereocenters. The molecule has 0 amide bonds. The van der Waals surface area contributed by atoms with Crippen LogP contribution in [0.25, 0.3) is 28.0 Å². The average Bonchev–Trinajstić information content (AvgIpc) is 3.78. The normalized spacial score (nSPS) is 15.9. The van der Waals surface area contributed by atoms with E-state index in [1.54, 1.807) is 0 Å². The molecule has 1 aromatic heterocycles. The molecule has 2 aliphatic heterocycles. The minimum absolute atomic E-state index is 0.337. The monoisotopic (exact) mass is 777 g/mol. The van der Waals surface area contributed by atoms with E-state index in [2.05, 4.69) is 26.0 Å². The van der Waals surface area contributed by atoms with Gasteiger partial charge in [-0.3, -0.25) is 0 Å². The number of benzene rings is 4. The molecule has 5 nitrogen and oxygen atoms in total. The fourth-order valence-corrected chi connectivity index (χ4v) is 9.68. The van der Waals surface area contributed by atoms with Crippen LogP contribution in [0.4, 0.5) is 14.4 Å². The Morgan fingerprint density at radius 3 is 1.84 bits per heavy atom. The first-order valence-corrected chi connectivity index (χ1v) is 21.9. The van der Waals surface area contributed by atoms with Crippen LogP contribution in [-0.4, -0.2) is 40.7 Å². The number of aromatic nitrogens is 1. The van der Waals surface area contributed by atoms with Crippen molar-refractivity contribution in [2.24, 2.45) is 4.99 Å². The third-order valence-corrected chi connectivity index (χ3v) is 12.5. The molecule has 2 aliphatic carbocycles. The molecular formula is C50H54BF2N3O2. The number of amidine groups is 1. The van der Waals surface area contributed by atoms with Crippen molar-refractivity contribution in [2.75, 3.05) is 13.2 Å². The molecule has 4 aliphatic rings. The maximum atomic E-state index is 18.4. The van der Waals surface area contributed by atoms with Gasteiger partial charge in [-0.2, -0.15) is 0 Å². The Kier molecular flexibility index (Phi) is 10.9. The molecule has 0 N–H and O–H groups in total. The van der Waals surface area contributed by atoms with E-state index in [4.69, 9.17) is 14.5 Å². The first-order valence-electron chi connectivity index (χ1n) is 21.9. The van der Waals surface area contributed by atoms with Crippen molar-refractivity contribution in [1.82, 2.24) is 4.48 Å². The largest absolute Gasteiger partial charge is 0.642 e. The SMILES string of the molecule is CCCCCCCOc1ccc2c(c1)CCC1=C(c3ccccc3)C3=Nc4c(-c5ccccc5)c5c(n4[B-](F)(F)[N+]3=C12)-c1ccc(OCCCCCCC)cc1CC5. The number of hydrogen-bond acceptors (Lipinski definition) is 3. The van der Waals surface area contributed by atoms with Gasteiger partial charge in [-0.25, -0.2) is 0 Å². The molecule has 0 radical (unpaired) electrons. The van der Waals surface area contributed by atoms with Crippen LogP contribution in [0.5, 0.6) is 11.5 Å². The summed E-state index contributed by atoms with van der Waals surface area (Å²) in [7, 11) is 0. The maximum absolute atomic E-state index is 18.4. The van der Waals surface area contributed by atoms with Crippen molar-refractivity contribution in [1.29, 1.82) is 0 Å². The highest BCUT2D eigenvalue weighted by atomic mass is 19.2. The number of unbranched alkanes of at least 4 members (excludes halogenated alkanes) is 8. The Morgan fingerprint density at radius 1 is 0.638 bits per heavy atom. The van der Waals surface area contributed by atoms with Crippen LogP contribution in [0.15, 0.2) is 108 Å². The van der Waals surface area contributed by atoms with E-state index in [0.717, 1.165) is 106 Å². The van der Waals surface area contributed by atoms with Gasteiger partial charge in [-0.05, 0) is 113 Å². The van der Waals surface area contributed by atoms with Gasteiger partial charge in [0, 0.05) is 16.8 Å². The Hall–Kier alpha value is -5.24. The molecule has 8 heteroatoms. The summed E-state index contributed by atoms with van der Waals surface area (Å²) in [6.07, 6.45) is 14.4. The molecule has 0 saturated heterocycles. The summed E-state index contributed by atoms with van der Waals surface area (Å²) in [4.78, 5) is 5.40. The van der Waals surface area contributed by atoms with E-state index in [-0.39, 0.29) is 0 Å². The molecule has 4 aromatic carbocycles. The number of ether oxygens (including phenoxy) is 2. The average molecular weight is 778 g/mol. The highest BCUT2D eigenvalue weighted by molar-refractivity contribution is 6.63. The van der Waals surface area contributed by atoms with Crippen LogP contribution in [-0.2, 0) is 19.3 Å². The molecule has 0 saturated carbocycles. The van der Waals surface area contributed by atoms with Gasteiger partial charge in [0.2, 0.25) is 5.82 Å². The Morgan fingerprint density at radius 2 is 1.21 bits per heavy atom. The van der Waals surface area contributed by atoms with Crippen LogP contribution in [0.2, 0.25) is 0 Å². The second-order valence-corrected chi connectivity index (χ2v) is 16.4. The second-order valence-electron chi connectivity index (χ2n) is 16.4. The summed E-state index contributed by atoms with van der Waals surface area (Å²) < 4.78 is 52.0. The predicted octanol–water partition coefficient (Wildman–Crippen LogP) is 12.8. The highest BCUT2D eigenvalue weighted by Crippen LogP contribution is 2.53. The van der Waals surface area contributed by atoms with Crippen molar-refractivity contribution in [3.8, 4) is 33.9 Å². The summed E-state index contributed by atoms with van der Waals surface area (Å²) in [6, 6.07) is 32.1. The zero-order chi connectivity index (χ0) is 39.6. The number of nitrogens with zero attached hydrogens (tertiary/aromatic N) is 3. The Balaban J connectivity index is 1.17. The lowest BCUT2D eigenvalue weighted by Crippen LogP contribution is -2.53. The number of aliphatic imine (C=N–C) groups is 1. The van der Waals surface area contributed by atoms with Crippen molar-refractivity contribution in [3.05, 3.63) is 130 Å². The summed E-state index contributed by atoms with van der Waals surface area (Å²) in [6.45, 7) is 1.34. The van der Waals surface area contributed by atoms with Gasteiger partial charge in [0.05, 0.1) is 30.1 Å². The van der Waals surface area contributed by atoms with Crippen LogP contribution < -0.4 is 9.47 Å². The number of aryl methyl sites for hydroxylation is 2. The van der Waals surface area contributed by atoms with Crippen molar-refractivity contribution in [3.63, 3.8) is 0 Å². The summed E-state index contributed by atoms with van der Waals surface area (Å²) in [5.41, 5.74) is 10.2. The lowest BCUT2D eigenvalue weighted by molar-refractivity contribution is -0.291. The van der Waals surface area contributed by atoms with Gasteiger partial charge in [0.25, 0.3) is 5.84 Å². The van der Waals surface area contributed by atoms with Gasteiger partial charge >= 0.3 is 6.97 Å². The van der Waals surface area contributed by atoms with Crippen LogP contribution in [0.3, 0.4) is 0 Å². The minimum atomic E-state index is -4.42. The van der Waals surface area contributed by atoms with E-state index in [1.165, 1.54) is 47.5 Å². The van der Waals surface area contributed by atoms with Crippen LogP contribution >= 0.6 is 0 Å². The fraction of sp³-hybridized carbons (Fsp3) is 0.360. The topological polar surface area (TPSA) is 38.8 Å². The quantitative estimate of drug-likeness (QED) is 0.0739. The summed E-state index contributed by atoms with van der Waals surface area (Å²) in [5.74, 6) is 2.28. The van der Waals surface area contributed by atoms with Crippen molar-refractivity contribution >= 4 is 29.9 Å². The first kappa shape index (κ1) is 38.3. The molecule has 3 heterocycles. The lowest BCUT2D eigenvalue weighted by atomic mass is 9.82. The van der Waals surface area contributed by atoms with E-state index in [0.29, 0.717) is 49.1 Å². The zero-order valence-electron chi connectivity index (χ0n) is 34.0. The first-order chi connectivity index (χ1) is 28.5. The third kappa shape index (κ3) is 6.92. The van der Waals surface area contributed by atoms with Crippen LogP contribution in [0, 0.1) is 0 Å². The van der Waals surface area contributed by atoms with E-state index in [9.17, 15) is 0 Å². The van der Waals surface area contributed by atoms with E-state index in [1.807, 2.05) is 84.9 Å². The molecule has 5 aromatic rings. The van der Waals surface area contributed by atoms with Gasteiger partial charge < -0.3 is 27.1 Å². The number of halogens is 2. The van der Waals surface area contributed by atoms with E-state index < -0.39 is 6.97 Å². The summed E-state index contributed by atoms with van der Waals surface area (Å²) >= 11 is 0. The molecule has 0 spiro atoms. The van der Waals surface area contributed by atoms with Gasteiger partial charge in [-0.1, -0.05) is 126 Å². The molecule has 0 bridgehead atoms. The standard InChI is InChI=1S/C50H54BF2N3O2/c1-3-5-7-9-17-31-57-39-25-29-41-37(33-39)23-27-43-45(35-19-13-11-14-20-35)49-54-50-46(36-21-15-12-16-22-36)44-28-24-38-34-40(58-32-18-10-8-6-4-2)26-30-42(38)48(44)56(50)51(52,53)55(49)47(41)43/h11-16,19-22,25-26,29-30,33-34H,3-10,17-18,23-24,27-28,31-32H2,1-2H3. The smallest absolute Gasteiger partial charge is 0.494 e. The van der Waals surface area contributed by atoms with Gasteiger partial charge in [0.1, 0.15) is 11.5 Å². The Bertz CT molecular complexity index is 2410. The molecular weight excluding hydrogens is 723 g/mol. The molecule has 0 atom stereocenters. The zero-order valence-corrected chi connectivity index (χ0v) is 34.0. The summed E-state index contributed by atoms with van der Waals surface area (Å²) in [5, 5.41) is 0. The number of allylic oxidation sites excluding steroid dienone is 1. The minimum Gasteiger partial charge on any atom is -0.494 e. The molecule has 0 fully saturated rings. The van der Waals surface area contributed by atoms with Gasteiger partial charge in [0.15, 0.2) is 0 Å². The molecule has 298 valence electrons. The maximum Gasteiger partial charge on any atom is 0.642 e. The van der Waals surface area contributed by atoms with Crippen molar-refractivity contribution < 1.29 is 22.6 Å². The Labute approximate surface area is 342 Å². The molecule has 9 rings (SSSR count). The predicted molar refractivity (Wildman–Crippen MR) is 234 cm³/mol. The van der Waals surface area contributed by atoms with Gasteiger partial charge in [-0.15, -0.1) is 0 Å². The van der Waals surface area contributed by atoms with E-state index >= 15 is 8.63 Å². The van der Waals surface area contributed by atoms with Crippen molar-refractivity contribution in [2.45, 2.75) is 104 Å². The lowest BCUT2D eigenvalue weighted by Gasteiger charge is -2.34.